The van der Waals surface area contributed by atoms with E-state index in [-0.39, 0.29) is 11.4 Å². The fraction of sp³-hybridized carbons (Fsp3) is 0.500. The highest BCUT2D eigenvalue weighted by Gasteiger charge is 2.19. The first-order valence-electron chi connectivity index (χ1n) is 8.99. The van der Waals surface area contributed by atoms with Gasteiger partial charge in [-0.1, -0.05) is 31.2 Å². The van der Waals surface area contributed by atoms with Gasteiger partial charge in [-0.2, -0.15) is 0 Å². The van der Waals surface area contributed by atoms with Gasteiger partial charge in [0.05, 0.1) is 6.54 Å². The summed E-state index contributed by atoms with van der Waals surface area (Å²) in [6.45, 7) is 12.4. The van der Waals surface area contributed by atoms with Gasteiger partial charge in [-0.05, 0) is 39.7 Å². The van der Waals surface area contributed by atoms with Gasteiger partial charge in [0.2, 0.25) is 0 Å². The van der Waals surface area contributed by atoms with Crippen LogP contribution >= 0.6 is 11.3 Å². The van der Waals surface area contributed by atoms with Gasteiger partial charge in [0.1, 0.15) is 17.2 Å². The largest absolute Gasteiger partial charge is 0.347 e. The molecule has 25 heavy (non-hydrogen) atoms. The number of carbonyl (C=O) groups is 1. The van der Waals surface area contributed by atoms with Gasteiger partial charge in [0, 0.05) is 16.5 Å². The molecule has 0 fully saturated rings. The van der Waals surface area contributed by atoms with E-state index >= 15 is 0 Å². The number of rotatable bonds is 7. The van der Waals surface area contributed by atoms with E-state index in [1.807, 2.05) is 20.8 Å². The molecule has 0 bridgehead atoms. The maximum atomic E-state index is 12.2. The molecule has 2 aromatic rings. The molecule has 1 amide bonds. The van der Waals surface area contributed by atoms with Crippen LogP contribution in [0.5, 0.6) is 0 Å². The number of carbonyl (C=O) groups excluding carboxylic acids is 1. The van der Waals surface area contributed by atoms with Gasteiger partial charge in [0.15, 0.2) is 6.54 Å². The molecular weight excluding hydrogens is 330 g/mol. The molecule has 0 aliphatic carbocycles. The topological polar surface area (TPSA) is 46.4 Å². The second-order valence-electron chi connectivity index (χ2n) is 7.45. The Hall–Kier alpha value is -1.72. The molecule has 2 N–H and O–H groups in total. The quantitative estimate of drug-likeness (QED) is 0.797. The van der Waals surface area contributed by atoms with Gasteiger partial charge < -0.3 is 10.2 Å². The third kappa shape index (κ3) is 6.25. The van der Waals surface area contributed by atoms with Crippen molar-refractivity contribution in [3.8, 4) is 10.6 Å². The lowest BCUT2D eigenvalue weighted by Crippen LogP contribution is -3.11. The summed E-state index contributed by atoms with van der Waals surface area (Å²) in [6, 6.07) is 8.61. The summed E-state index contributed by atoms with van der Waals surface area (Å²) in [6.07, 6.45) is 1.05. The fourth-order valence-electron chi connectivity index (χ4n) is 2.66. The minimum absolute atomic E-state index is 0.0926. The van der Waals surface area contributed by atoms with Crippen molar-refractivity contribution in [1.29, 1.82) is 0 Å². The Morgan fingerprint density at radius 3 is 2.44 bits per heavy atom. The Labute approximate surface area is 155 Å². The van der Waals surface area contributed by atoms with Gasteiger partial charge in [-0.15, -0.1) is 11.3 Å². The molecule has 136 valence electrons. The van der Waals surface area contributed by atoms with Crippen molar-refractivity contribution in [3.63, 3.8) is 0 Å². The number of nitrogens with zero attached hydrogens (tertiary/aromatic N) is 1. The van der Waals surface area contributed by atoms with Crippen molar-refractivity contribution in [3.05, 3.63) is 40.9 Å². The predicted molar refractivity (Wildman–Crippen MR) is 105 cm³/mol. The standard InChI is InChI=1S/C20H29N3OS/c1-6-15-8-10-16(11-9-15)19-21-17(14-25-19)12-23(7-2)13-18(24)22-20(3,4)5/h8-11,14H,6-7,12-13H2,1-5H3,(H,22,24)/p+1. The molecule has 0 aliphatic rings. The van der Waals surface area contributed by atoms with Crippen LogP contribution in [0, 0.1) is 0 Å². The van der Waals surface area contributed by atoms with Crippen molar-refractivity contribution in [1.82, 2.24) is 10.3 Å². The van der Waals surface area contributed by atoms with Crippen molar-refractivity contribution < 1.29 is 9.69 Å². The highest BCUT2D eigenvalue weighted by atomic mass is 32.1. The van der Waals surface area contributed by atoms with Gasteiger partial charge >= 0.3 is 0 Å². The monoisotopic (exact) mass is 360 g/mol. The van der Waals surface area contributed by atoms with E-state index in [0.29, 0.717) is 6.54 Å². The minimum atomic E-state index is -0.186. The first kappa shape index (κ1) is 19.6. The van der Waals surface area contributed by atoms with E-state index < -0.39 is 0 Å². The van der Waals surface area contributed by atoms with Crippen LogP contribution in [0.3, 0.4) is 0 Å². The second kappa shape index (κ2) is 8.59. The lowest BCUT2D eigenvalue weighted by molar-refractivity contribution is -0.904. The Morgan fingerprint density at radius 2 is 1.88 bits per heavy atom. The number of likely N-dealkylation sites (N-methyl/N-ethyl adjacent to an activating group) is 1. The first-order chi connectivity index (χ1) is 11.8. The zero-order valence-electron chi connectivity index (χ0n) is 16.0. The van der Waals surface area contributed by atoms with Gasteiger partial charge in [-0.25, -0.2) is 4.98 Å². The number of quaternary nitrogens is 1. The molecule has 1 atom stereocenters. The van der Waals surface area contributed by atoms with Crippen LogP contribution in [0.2, 0.25) is 0 Å². The Kier molecular flexibility index (Phi) is 6.73. The smallest absolute Gasteiger partial charge is 0.275 e. The van der Waals surface area contributed by atoms with Gasteiger partial charge in [0.25, 0.3) is 5.91 Å². The third-order valence-corrected chi connectivity index (χ3v) is 4.96. The molecule has 5 heteroatoms. The summed E-state index contributed by atoms with van der Waals surface area (Å²) in [5, 5.41) is 6.19. The average molecular weight is 361 g/mol. The molecule has 4 nitrogen and oxygen atoms in total. The van der Waals surface area contributed by atoms with E-state index in [0.717, 1.165) is 35.8 Å². The predicted octanol–water partition coefficient (Wildman–Crippen LogP) is 2.69. The molecule has 0 aliphatic heterocycles. The van der Waals surface area contributed by atoms with E-state index in [4.69, 9.17) is 4.98 Å². The lowest BCUT2D eigenvalue weighted by atomic mass is 10.1. The third-order valence-electron chi connectivity index (χ3n) is 4.02. The lowest BCUT2D eigenvalue weighted by Gasteiger charge is -2.22. The summed E-state index contributed by atoms with van der Waals surface area (Å²) in [7, 11) is 0. The summed E-state index contributed by atoms with van der Waals surface area (Å²) in [5.74, 6) is 0.0926. The van der Waals surface area contributed by atoms with Crippen LogP contribution in [0.15, 0.2) is 29.6 Å². The molecule has 1 aromatic carbocycles. The number of aryl methyl sites for hydroxylation is 1. The zero-order valence-corrected chi connectivity index (χ0v) is 16.8. The highest BCUT2D eigenvalue weighted by Crippen LogP contribution is 2.23. The Balaban J connectivity index is 1.99. The molecule has 0 saturated carbocycles. The van der Waals surface area contributed by atoms with E-state index in [1.165, 1.54) is 10.5 Å². The van der Waals surface area contributed by atoms with E-state index in [1.54, 1.807) is 11.3 Å². The number of benzene rings is 1. The normalized spacial score (nSPS) is 12.8. The van der Waals surface area contributed by atoms with Crippen LogP contribution in [0.25, 0.3) is 10.6 Å². The number of hydrogen-bond acceptors (Lipinski definition) is 3. The molecule has 0 spiro atoms. The summed E-state index contributed by atoms with van der Waals surface area (Å²) < 4.78 is 0. The average Bonchev–Trinajstić information content (AvgIpc) is 3.01. The Bertz CT molecular complexity index is 686. The van der Waals surface area contributed by atoms with Crippen LogP contribution in [-0.2, 0) is 17.8 Å². The number of aromatic nitrogens is 1. The molecule has 1 aromatic heterocycles. The van der Waals surface area contributed by atoms with Crippen molar-refractivity contribution in [2.45, 2.75) is 53.1 Å². The van der Waals surface area contributed by atoms with E-state index in [2.05, 4.69) is 48.8 Å². The number of thiazole rings is 1. The summed E-state index contributed by atoms with van der Waals surface area (Å²) in [4.78, 5) is 18.1. The molecule has 1 heterocycles. The zero-order chi connectivity index (χ0) is 18.4. The summed E-state index contributed by atoms with van der Waals surface area (Å²) >= 11 is 1.67. The molecule has 0 saturated heterocycles. The van der Waals surface area contributed by atoms with Crippen LogP contribution in [-0.4, -0.2) is 29.5 Å². The van der Waals surface area contributed by atoms with Crippen LogP contribution in [0.4, 0.5) is 0 Å². The maximum Gasteiger partial charge on any atom is 0.275 e. The SMILES string of the molecule is CCc1ccc(-c2nc(C[NH+](CC)CC(=O)NC(C)(C)C)cs2)cc1. The molecule has 1 unspecified atom stereocenters. The fourth-order valence-corrected chi connectivity index (χ4v) is 3.49. The second-order valence-corrected chi connectivity index (χ2v) is 8.31. The summed E-state index contributed by atoms with van der Waals surface area (Å²) in [5.41, 5.74) is 3.37. The van der Waals surface area contributed by atoms with Crippen LogP contribution in [0.1, 0.15) is 45.9 Å². The Morgan fingerprint density at radius 1 is 1.20 bits per heavy atom. The maximum absolute atomic E-state index is 12.2. The van der Waals surface area contributed by atoms with Crippen molar-refractivity contribution >= 4 is 17.2 Å². The first-order valence-corrected chi connectivity index (χ1v) is 9.87. The van der Waals surface area contributed by atoms with Crippen molar-refractivity contribution in [2.75, 3.05) is 13.1 Å². The number of nitrogens with one attached hydrogen (secondary N) is 2. The molecular formula is C20H30N3OS+. The number of amides is 1. The minimum Gasteiger partial charge on any atom is -0.347 e. The van der Waals surface area contributed by atoms with Crippen molar-refractivity contribution in [2.24, 2.45) is 0 Å². The molecule has 2 rings (SSSR count). The number of hydrogen-bond donors (Lipinski definition) is 2. The van der Waals surface area contributed by atoms with Crippen LogP contribution < -0.4 is 10.2 Å². The molecule has 0 radical (unpaired) electrons. The van der Waals surface area contributed by atoms with Gasteiger partial charge in [-0.3, -0.25) is 4.79 Å². The highest BCUT2D eigenvalue weighted by molar-refractivity contribution is 7.13. The van der Waals surface area contributed by atoms with E-state index in [9.17, 15) is 4.79 Å².